The molecule has 0 amide bonds. The molecule has 6 nitrogen and oxygen atoms in total. The number of ether oxygens (including phenoxy) is 2. The summed E-state index contributed by atoms with van der Waals surface area (Å²) >= 11 is 0. The van der Waals surface area contributed by atoms with Gasteiger partial charge >= 0.3 is 11.9 Å². The van der Waals surface area contributed by atoms with Crippen LogP contribution in [0.1, 0.15) is 26.2 Å². The van der Waals surface area contributed by atoms with E-state index in [9.17, 15) is 19.8 Å². The predicted octanol–water partition coefficient (Wildman–Crippen LogP) is 0.0858. The lowest BCUT2D eigenvalue weighted by molar-refractivity contribution is -0.172. The number of carbonyl (C=O) groups is 2. The molecule has 3 rings (SSSR count). The molecule has 0 aromatic heterocycles. The van der Waals surface area contributed by atoms with E-state index in [1.807, 2.05) is 6.92 Å². The Morgan fingerprint density at radius 2 is 1.89 bits per heavy atom. The molecule has 1 aliphatic carbocycles. The van der Waals surface area contributed by atoms with Gasteiger partial charge in [0.15, 0.2) is 12.6 Å². The van der Waals surface area contributed by atoms with E-state index < -0.39 is 24.5 Å². The summed E-state index contributed by atoms with van der Waals surface area (Å²) in [5, 5.41) is 19.2. The summed E-state index contributed by atoms with van der Waals surface area (Å²) in [5.41, 5.74) is 0.914. The van der Waals surface area contributed by atoms with Crippen LogP contribution in [-0.4, -0.2) is 34.7 Å². The van der Waals surface area contributed by atoms with Crippen LogP contribution in [0.5, 0.6) is 0 Å². The van der Waals surface area contributed by atoms with Gasteiger partial charge in [0.1, 0.15) is 0 Å². The second kappa shape index (κ2) is 4.40. The highest BCUT2D eigenvalue weighted by molar-refractivity contribution is 6.12. The van der Waals surface area contributed by atoms with E-state index in [1.54, 1.807) is 0 Å². The van der Waals surface area contributed by atoms with E-state index in [-0.39, 0.29) is 17.8 Å². The SMILES string of the molecule is CC1CC(C2CC(O)OC2O)CC2=C1C(=O)OC2=O. The van der Waals surface area contributed by atoms with Crippen molar-refractivity contribution in [3.8, 4) is 0 Å². The van der Waals surface area contributed by atoms with Gasteiger partial charge in [0.05, 0.1) is 5.57 Å². The van der Waals surface area contributed by atoms with Gasteiger partial charge < -0.3 is 19.7 Å². The Morgan fingerprint density at radius 1 is 1.16 bits per heavy atom. The molecule has 19 heavy (non-hydrogen) atoms. The van der Waals surface area contributed by atoms with Gasteiger partial charge in [0.25, 0.3) is 0 Å². The first kappa shape index (κ1) is 12.8. The van der Waals surface area contributed by atoms with Gasteiger partial charge in [-0.05, 0) is 24.7 Å². The van der Waals surface area contributed by atoms with Gasteiger partial charge in [-0.2, -0.15) is 0 Å². The zero-order chi connectivity index (χ0) is 13.7. The van der Waals surface area contributed by atoms with Gasteiger partial charge in [0.2, 0.25) is 0 Å². The molecule has 104 valence electrons. The molecule has 5 unspecified atom stereocenters. The van der Waals surface area contributed by atoms with Crippen LogP contribution in [0.3, 0.4) is 0 Å². The summed E-state index contributed by atoms with van der Waals surface area (Å²) < 4.78 is 9.58. The standard InChI is InChI=1S/C13H16O6/c1-5-2-6(7-4-9(14)18-11(7)15)3-8-10(5)13(17)19-12(8)16/h5-7,9,11,14-15H,2-4H2,1H3. The summed E-state index contributed by atoms with van der Waals surface area (Å²) in [5.74, 6) is -1.37. The molecule has 2 heterocycles. The molecule has 2 aliphatic heterocycles. The highest BCUT2D eigenvalue weighted by Gasteiger charge is 2.46. The van der Waals surface area contributed by atoms with Crippen molar-refractivity contribution in [3.63, 3.8) is 0 Å². The smallest absolute Gasteiger partial charge is 0.342 e. The monoisotopic (exact) mass is 268 g/mol. The van der Waals surface area contributed by atoms with E-state index in [2.05, 4.69) is 4.74 Å². The Kier molecular flexibility index (Phi) is 2.96. The molecule has 3 aliphatic rings. The lowest BCUT2D eigenvalue weighted by Gasteiger charge is -2.31. The van der Waals surface area contributed by atoms with E-state index in [4.69, 9.17) is 4.74 Å². The van der Waals surface area contributed by atoms with Crippen molar-refractivity contribution in [1.82, 2.24) is 0 Å². The summed E-state index contributed by atoms with van der Waals surface area (Å²) in [6.07, 6.45) is -0.532. The molecule has 0 spiro atoms. The third-order valence-electron chi connectivity index (χ3n) is 4.33. The third kappa shape index (κ3) is 2.00. The predicted molar refractivity (Wildman–Crippen MR) is 61.2 cm³/mol. The van der Waals surface area contributed by atoms with Crippen LogP contribution in [0, 0.1) is 17.8 Å². The molecule has 5 atom stereocenters. The van der Waals surface area contributed by atoms with Crippen LogP contribution in [0.4, 0.5) is 0 Å². The van der Waals surface area contributed by atoms with Crippen molar-refractivity contribution in [2.24, 2.45) is 17.8 Å². The average molecular weight is 268 g/mol. The van der Waals surface area contributed by atoms with Crippen molar-refractivity contribution in [1.29, 1.82) is 0 Å². The molecule has 0 aromatic carbocycles. The van der Waals surface area contributed by atoms with Gasteiger partial charge in [-0.25, -0.2) is 9.59 Å². The Labute approximate surface area is 110 Å². The fourth-order valence-electron chi connectivity index (χ4n) is 3.46. The topological polar surface area (TPSA) is 93.1 Å². The summed E-state index contributed by atoms with van der Waals surface area (Å²) in [6.45, 7) is 1.87. The van der Waals surface area contributed by atoms with Crippen LogP contribution in [-0.2, 0) is 19.1 Å². The molecular weight excluding hydrogens is 252 g/mol. The summed E-state index contributed by atoms with van der Waals surface area (Å²) in [4.78, 5) is 23.2. The number of carbonyl (C=O) groups excluding carboxylic acids is 2. The Bertz CT molecular complexity index is 468. The van der Waals surface area contributed by atoms with Crippen molar-refractivity contribution in [2.45, 2.75) is 38.8 Å². The van der Waals surface area contributed by atoms with Gasteiger partial charge in [-0.15, -0.1) is 0 Å². The quantitative estimate of drug-likeness (QED) is 0.517. The first-order chi connectivity index (χ1) is 8.97. The number of aliphatic hydroxyl groups excluding tert-OH is 2. The average Bonchev–Trinajstić information content (AvgIpc) is 2.80. The second-order valence-electron chi connectivity index (χ2n) is 5.55. The maximum atomic E-state index is 11.6. The first-order valence-corrected chi connectivity index (χ1v) is 6.48. The van der Waals surface area contributed by atoms with Gasteiger partial charge in [-0.3, -0.25) is 0 Å². The van der Waals surface area contributed by atoms with Crippen LogP contribution in [0.2, 0.25) is 0 Å². The molecule has 6 heteroatoms. The Hall–Kier alpha value is -1.24. The summed E-state index contributed by atoms with van der Waals surface area (Å²) in [6, 6.07) is 0. The number of rotatable bonds is 1. The maximum Gasteiger partial charge on any atom is 0.342 e. The van der Waals surface area contributed by atoms with Crippen molar-refractivity contribution < 1.29 is 29.3 Å². The number of hydrogen-bond acceptors (Lipinski definition) is 6. The lowest BCUT2D eigenvalue weighted by atomic mass is 9.72. The molecule has 0 aromatic rings. The highest BCUT2D eigenvalue weighted by atomic mass is 16.7. The normalized spacial score (nSPS) is 42.6. The number of cyclic esters (lactones) is 2. The minimum atomic E-state index is -1.01. The molecule has 2 N–H and O–H groups in total. The van der Waals surface area contributed by atoms with Crippen LogP contribution < -0.4 is 0 Å². The molecule has 1 saturated heterocycles. The molecular formula is C13H16O6. The van der Waals surface area contributed by atoms with Crippen molar-refractivity contribution >= 4 is 11.9 Å². The number of esters is 2. The number of aliphatic hydroxyl groups is 2. The van der Waals surface area contributed by atoms with E-state index in [1.165, 1.54) is 0 Å². The van der Waals surface area contributed by atoms with E-state index >= 15 is 0 Å². The zero-order valence-corrected chi connectivity index (χ0v) is 10.5. The third-order valence-corrected chi connectivity index (χ3v) is 4.33. The molecule has 0 bridgehead atoms. The van der Waals surface area contributed by atoms with Crippen molar-refractivity contribution in [3.05, 3.63) is 11.1 Å². The first-order valence-electron chi connectivity index (χ1n) is 6.48. The Morgan fingerprint density at radius 3 is 2.53 bits per heavy atom. The highest BCUT2D eigenvalue weighted by Crippen LogP contribution is 2.45. The molecule has 0 saturated carbocycles. The largest absolute Gasteiger partial charge is 0.386 e. The van der Waals surface area contributed by atoms with Crippen molar-refractivity contribution in [2.75, 3.05) is 0 Å². The second-order valence-corrected chi connectivity index (χ2v) is 5.55. The fourth-order valence-corrected chi connectivity index (χ4v) is 3.46. The van der Waals surface area contributed by atoms with E-state index in [0.717, 1.165) is 0 Å². The Balaban J connectivity index is 1.84. The van der Waals surface area contributed by atoms with Gasteiger partial charge in [-0.1, -0.05) is 6.92 Å². The fraction of sp³-hybridized carbons (Fsp3) is 0.692. The molecule has 1 fully saturated rings. The lowest BCUT2D eigenvalue weighted by Crippen LogP contribution is -2.29. The van der Waals surface area contributed by atoms with Crippen LogP contribution in [0.15, 0.2) is 11.1 Å². The van der Waals surface area contributed by atoms with Crippen LogP contribution >= 0.6 is 0 Å². The van der Waals surface area contributed by atoms with Gasteiger partial charge in [0, 0.05) is 17.9 Å². The minimum Gasteiger partial charge on any atom is -0.386 e. The summed E-state index contributed by atoms with van der Waals surface area (Å²) in [7, 11) is 0. The minimum absolute atomic E-state index is 0.0133. The zero-order valence-electron chi connectivity index (χ0n) is 10.5. The maximum absolute atomic E-state index is 11.6. The van der Waals surface area contributed by atoms with E-state index in [0.29, 0.717) is 30.4 Å². The van der Waals surface area contributed by atoms with Crippen LogP contribution in [0.25, 0.3) is 0 Å². The number of hydrogen-bond donors (Lipinski definition) is 2. The molecule has 0 radical (unpaired) electrons.